The maximum absolute atomic E-state index is 13.3. The molecule has 1 N–H and O–H groups in total. The van der Waals surface area contributed by atoms with Gasteiger partial charge >= 0.3 is 0 Å². The van der Waals surface area contributed by atoms with E-state index in [4.69, 9.17) is 4.74 Å². The largest absolute Gasteiger partial charge is 0.390 e. The summed E-state index contributed by atoms with van der Waals surface area (Å²) in [7, 11) is 1.82. The second-order valence-corrected chi connectivity index (χ2v) is 11.9. The highest BCUT2D eigenvalue weighted by molar-refractivity contribution is 5.81. The van der Waals surface area contributed by atoms with Crippen molar-refractivity contribution in [1.29, 1.82) is 0 Å². The molecule has 32 heavy (non-hydrogen) atoms. The number of hydrogen-bond donors (Lipinski definition) is 1. The number of carbonyl (C=O) groups is 1. The van der Waals surface area contributed by atoms with Crippen molar-refractivity contribution < 1.29 is 14.6 Å². The van der Waals surface area contributed by atoms with E-state index in [1.807, 2.05) is 14.0 Å². The minimum Gasteiger partial charge on any atom is -0.390 e. The third-order valence-electron chi connectivity index (χ3n) is 10.5. The molecule has 1 aromatic heterocycles. The number of fused-ring (bicyclic) bond motifs is 5. The summed E-state index contributed by atoms with van der Waals surface area (Å²) < 4.78 is 5.60. The molecule has 1 aromatic rings. The van der Waals surface area contributed by atoms with Gasteiger partial charge in [-0.3, -0.25) is 4.79 Å². The Morgan fingerprint density at radius 3 is 2.72 bits per heavy atom. The quantitative estimate of drug-likeness (QED) is 0.720. The van der Waals surface area contributed by atoms with Crippen LogP contribution in [-0.4, -0.2) is 50.4 Å². The van der Waals surface area contributed by atoms with E-state index in [1.165, 1.54) is 36.8 Å². The molecule has 8 atom stereocenters. The van der Waals surface area contributed by atoms with Gasteiger partial charge in [-0.25, -0.2) is 0 Å². The van der Waals surface area contributed by atoms with Crippen molar-refractivity contribution in [3.8, 4) is 0 Å². The van der Waals surface area contributed by atoms with Crippen molar-refractivity contribution in [3.63, 3.8) is 0 Å². The Morgan fingerprint density at radius 1 is 1.12 bits per heavy atom. The number of rotatable bonds is 6. The second-order valence-electron chi connectivity index (χ2n) is 11.9. The number of Topliss-reactive ketones (excluding diaryl/α,β-unsaturated/α-hetero) is 1. The zero-order chi connectivity index (χ0) is 22.6. The maximum atomic E-state index is 13.3. The molecule has 4 saturated carbocycles. The van der Waals surface area contributed by atoms with Gasteiger partial charge in [0.2, 0.25) is 0 Å². The SMILES string of the molecule is COCC[C@]12CC[C@@](C)(O)C[C@@H]1CC[C@H]1[C@@H]3CC[C@H](C(=O)Cn4ncnn4)[C@@]3(C)CC[C@@H]12. The molecular formula is C25H40N4O3. The number of aliphatic hydroxyl groups is 1. The van der Waals surface area contributed by atoms with Gasteiger partial charge in [-0.15, -0.1) is 10.2 Å². The van der Waals surface area contributed by atoms with E-state index in [0.29, 0.717) is 29.1 Å². The summed E-state index contributed by atoms with van der Waals surface area (Å²) >= 11 is 0. The molecule has 0 unspecified atom stereocenters. The highest BCUT2D eigenvalue weighted by Gasteiger charge is 2.62. The Bertz CT molecular complexity index is 827. The molecule has 0 spiro atoms. The molecular weight excluding hydrogens is 404 g/mol. The van der Waals surface area contributed by atoms with Crippen molar-refractivity contribution >= 4 is 5.78 Å². The summed E-state index contributed by atoms with van der Waals surface area (Å²) in [4.78, 5) is 14.7. The highest BCUT2D eigenvalue weighted by Crippen LogP contribution is 2.69. The van der Waals surface area contributed by atoms with Crippen molar-refractivity contribution in [2.24, 2.45) is 40.4 Å². The van der Waals surface area contributed by atoms with Gasteiger partial charge in [-0.1, -0.05) is 6.92 Å². The summed E-state index contributed by atoms with van der Waals surface area (Å²) in [5.41, 5.74) is -0.124. The van der Waals surface area contributed by atoms with Gasteiger partial charge in [0.25, 0.3) is 0 Å². The van der Waals surface area contributed by atoms with Crippen LogP contribution in [0.2, 0.25) is 0 Å². The monoisotopic (exact) mass is 444 g/mol. The van der Waals surface area contributed by atoms with Crippen molar-refractivity contribution in [2.75, 3.05) is 13.7 Å². The smallest absolute Gasteiger partial charge is 0.162 e. The standard InChI is InChI=1S/C25H40N4O3/c1-23(31)10-11-25(12-13-32-3)17(14-23)4-5-18-19-6-7-21(24(19,2)9-8-20(18)25)22(30)15-29-27-16-26-28-29/h16-21,31H,4-15H2,1-3H3/t17-,18-,19-,20-,21+,23+,24-,25+/m0/s1. The third kappa shape index (κ3) is 3.54. The van der Waals surface area contributed by atoms with Gasteiger partial charge in [0.1, 0.15) is 6.54 Å². The first-order chi connectivity index (χ1) is 15.3. The van der Waals surface area contributed by atoms with Crippen LogP contribution in [0.3, 0.4) is 0 Å². The van der Waals surface area contributed by atoms with Crippen LogP contribution in [0.1, 0.15) is 78.1 Å². The summed E-state index contributed by atoms with van der Waals surface area (Å²) in [6, 6.07) is 0. The van der Waals surface area contributed by atoms with Crippen molar-refractivity contribution in [2.45, 2.75) is 90.2 Å². The number of hydrogen-bond acceptors (Lipinski definition) is 6. The first kappa shape index (κ1) is 22.5. The molecule has 1 heterocycles. The zero-order valence-corrected chi connectivity index (χ0v) is 20.0. The van der Waals surface area contributed by atoms with Crippen LogP contribution >= 0.6 is 0 Å². The maximum Gasteiger partial charge on any atom is 0.162 e. The lowest BCUT2D eigenvalue weighted by Crippen LogP contribution is -2.57. The predicted molar refractivity (Wildman–Crippen MR) is 119 cm³/mol. The van der Waals surface area contributed by atoms with E-state index >= 15 is 0 Å². The van der Waals surface area contributed by atoms with Gasteiger partial charge in [-0.2, -0.15) is 4.80 Å². The van der Waals surface area contributed by atoms with Gasteiger partial charge in [0, 0.05) is 19.6 Å². The molecule has 4 aliphatic rings. The average Bonchev–Trinajstić information content (AvgIpc) is 3.38. The molecule has 0 saturated heterocycles. The van der Waals surface area contributed by atoms with E-state index < -0.39 is 5.60 Å². The van der Waals surface area contributed by atoms with E-state index in [9.17, 15) is 9.90 Å². The molecule has 7 heteroatoms. The molecule has 0 aromatic carbocycles. The second kappa shape index (κ2) is 8.15. The number of ether oxygens (including phenoxy) is 1. The summed E-state index contributed by atoms with van der Waals surface area (Å²) in [6.07, 6.45) is 12.5. The zero-order valence-electron chi connectivity index (χ0n) is 20.0. The lowest BCUT2D eigenvalue weighted by molar-refractivity contribution is -0.163. The Morgan fingerprint density at radius 2 is 1.97 bits per heavy atom. The lowest BCUT2D eigenvalue weighted by Gasteiger charge is -2.63. The molecule has 0 aliphatic heterocycles. The minimum atomic E-state index is -0.516. The number of aromatic nitrogens is 4. The first-order valence-electron chi connectivity index (χ1n) is 12.7. The van der Waals surface area contributed by atoms with E-state index in [-0.39, 0.29) is 23.7 Å². The van der Waals surface area contributed by atoms with E-state index in [1.54, 1.807) is 0 Å². The van der Waals surface area contributed by atoms with Crippen LogP contribution in [0.15, 0.2) is 6.33 Å². The van der Waals surface area contributed by atoms with E-state index in [2.05, 4.69) is 22.3 Å². The lowest BCUT2D eigenvalue weighted by atomic mass is 9.42. The fourth-order valence-electron chi connectivity index (χ4n) is 9.06. The van der Waals surface area contributed by atoms with Crippen LogP contribution in [0.4, 0.5) is 0 Å². The van der Waals surface area contributed by atoms with Crippen LogP contribution in [0.5, 0.6) is 0 Å². The molecule has 0 radical (unpaired) electrons. The Balaban J connectivity index is 1.38. The van der Waals surface area contributed by atoms with Crippen molar-refractivity contribution in [1.82, 2.24) is 20.2 Å². The van der Waals surface area contributed by atoms with Crippen molar-refractivity contribution in [3.05, 3.63) is 6.33 Å². The number of methoxy groups -OCH3 is 1. The molecule has 7 nitrogen and oxygen atoms in total. The number of carbonyl (C=O) groups excluding carboxylic acids is 1. The summed E-state index contributed by atoms with van der Waals surface area (Å²) in [5, 5.41) is 22.6. The van der Waals surface area contributed by atoms with Gasteiger partial charge in [0.05, 0.1) is 5.60 Å². The summed E-state index contributed by atoms with van der Waals surface area (Å²) in [5.74, 6) is 3.02. The van der Waals surface area contributed by atoms with Crippen LogP contribution in [-0.2, 0) is 16.1 Å². The fourth-order valence-corrected chi connectivity index (χ4v) is 9.06. The Kier molecular flexibility index (Phi) is 5.72. The molecule has 0 amide bonds. The van der Waals surface area contributed by atoms with Crippen LogP contribution in [0, 0.1) is 40.4 Å². The molecule has 4 aliphatic carbocycles. The van der Waals surface area contributed by atoms with Gasteiger partial charge in [0.15, 0.2) is 12.1 Å². The average molecular weight is 445 g/mol. The van der Waals surface area contributed by atoms with Gasteiger partial charge in [-0.05, 0) is 111 Å². The first-order valence-corrected chi connectivity index (χ1v) is 12.7. The predicted octanol–water partition coefficient (Wildman–Crippen LogP) is 3.67. The molecule has 5 rings (SSSR count). The van der Waals surface area contributed by atoms with Crippen LogP contribution in [0.25, 0.3) is 0 Å². The minimum absolute atomic E-state index is 0.0915. The Labute approximate surface area is 191 Å². The fraction of sp³-hybridized carbons (Fsp3) is 0.920. The number of ketones is 1. The normalized spacial score (nSPS) is 45.7. The highest BCUT2D eigenvalue weighted by atomic mass is 16.5. The van der Waals surface area contributed by atoms with Gasteiger partial charge < -0.3 is 9.84 Å². The molecule has 178 valence electrons. The number of nitrogens with zero attached hydrogens (tertiary/aromatic N) is 4. The molecule has 4 fully saturated rings. The molecule has 0 bridgehead atoms. The van der Waals surface area contributed by atoms with E-state index in [0.717, 1.165) is 45.1 Å². The Hall–Kier alpha value is -1.34. The van der Waals surface area contributed by atoms with Crippen LogP contribution < -0.4 is 0 Å². The topological polar surface area (TPSA) is 90.1 Å². The summed E-state index contributed by atoms with van der Waals surface area (Å²) in [6.45, 7) is 5.50. The third-order valence-corrected chi connectivity index (χ3v) is 10.5. The number of tetrazole rings is 1.